The lowest BCUT2D eigenvalue weighted by Gasteiger charge is -2.24. The third-order valence-corrected chi connectivity index (χ3v) is 2.57. The van der Waals surface area contributed by atoms with Crippen LogP contribution < -0.4 is 0 Å². The second-order valence-corrected chi connectivity index (χ2v) is 4.96. The van der Waals surface area contributed by atoms with E-state index in [0.717, 1.165) is 11.3 Å². The lowest BCUT2D eigenvalue weighted by molar-refractivity contribution is 0.169. The zero-order valence-corrected chi connectivity index (χ0v) is 10.3. The summed E-state index contributed by atoms with van der Waals surface area (Å²) >= 11 is 0. The highest BCUT2D eigenvalue weighted by Crippen LogP contribution is 2.25. The maximum Gasteiger partial charge on any atom is 0.136 e. The summed E-state index contributed by atoms with van der Waals surface area (Å²) in [7, 11) is 1.70. The summed E-state index contributed by atoms with van der Waals surface area (Å²) in [6.07, 6.45) is 0. The quantitative estimate of drug-likeness (QED) is 0.775. The molecule has 3 nitrogen and oxygen atoms in total. The van der Waals surface area contributed by atoms with Crippen molar-refractivity contribution in [3.05, 3.63) is 30.1 Å². The van der Waals surface area contributed by atoms with Gasteiger partial charge in [0.15, 0.2) is 0 Å². The van der Waals surface area contributed by atoms with E-state index in [9.17, 15) is 0 Å². The highest BCUT2D eigenvalue weighted by Gasteiger charge is 2.20. The van der Waals surface area contributed by atoms with Gasteiger partial charge in [-0.15, -0.1) is 0 Å². The normalized spacial score (nSPS) is 12.2. The highest BCUT2D eigenvalue weighted by molar-refractivity contribution is 5.76. The number of methoxy groups -OCH3 is 1. The molecule has 0 spiro atoms. The molecule has 0 N–H and O–H groups in total. The number of aromatic nitrogens is 2. The fraction of sp³-hybridized carbons (Fsp3) is 0.462. The molecule has 1 aromatic heterocycles. The number of ether oxygens (including phenoxy) is 1. The molecular weight excluding hydrogens is 200 g/mol. The summed E-state index contributed by atoms with van der Waals surface area (Å²) < 4.78 is 7.45. The number of imidazole rings is 1. The van der Waals surface area contributed by atoms with Gasteiger partial charge in [-0.25, -0.2) is 4.98 Å². The van der Waals surface area contributed by atoms with Crippen LogP contribution in [0.25, 0.3) is 11.0 Å². The second-order valence-electron chi connectivity index (χ2n) is 4.96. The van der Waals surface area contributed by atoms with Gasteiger partial charge in [0.05, 0.1) is 11.0 Å². The minimum atomic E-state index is 0.0178. The molecule has 0 fully saturated rings. The Kier molecular flexibility index (Phi) is 2.72. The third-order valence-electron chi connectivity index (χ3n) is 2.57. The van der Waals surface area contributed by atoms with Crippen LogP contribution in [0.15, 0.2) is 24.3 Å². The van der Waals surface area contributed by atoms with Crippen molar-refractivity contribution in [1.29, 1.82) is 0 Å². The average molecular weight is 218 g/mol. The smallest absolute Gasteiger partial charge is 0.136 e. The molecule has 3 heteroatoms. The average Bonchev–Trinajstić information content (AvgIpc) is 2.55. The molecule has 0 aliphatic heterocycles. The maximum absolute atomic E-state index is 5.21. The molecule has 1 aromatic carbocycles. The SMILES string of the molecule is COCc1nc2ccccc2n1C(C)(C)C. The van der Waals surface area contributed by atoms with Gasteiger partial charge in [-0.05, 0) is 32.9 Å². The lowest BCUT2D eigenvalue weighted by Crippen LogP contribution is -2.24. The molecule has 0 bridgehead atoms. The van der Waals surface area contributed by atoms with Crippen LogP contribution in [0.5, 0.6) is 0 Å². The van der Waals surface area contributed by atoms with Gasteiger partial charge in [0.1, 0.15) is 12.4 Å². The Hall–Kier alpha value is -1.35. The Morgan fingerprint density at radius 1 is 1.25 bits per heavy atom. The van der Waals surface area contributed by atoms with Crippen LogP contribution in [-0.2, 0) is 16.9 Å². The van der Waals surface area contributed by atoms with Crippen LogP contribution in [-0.4, -0.2) is 16.7 Å². The number of hydrogen-bond acceptors (Lipinski definition) is 2. The molecule has 0 radical (unpaired) electrons. The summed E-state index contributed by atoms with van der Waals surface area (Å²) in [5.74, 6) is 0.983. The van der Waals surface area contributed by atoms with Gasteiger partial charge in [0.2, 0.25) is 0 Å². The van der Waals surface area contributed by atoms with E-state index < -0.39 is 0 Å². The van der Waals surface area contributed by atoms with Crippen molar-refractivity contribution in [2.24, 2.45) is 0 Å². The maximum atomic E-state index is 5.21. The van der Waals surface area contributed by atoms with E-state index in [-0.39, 0.29) is 5.54 Å². The number of nitrogens with zero attached hydrogens (tertiary/aromatic N) is 2. The first kappa shape index (κ1) is 11.1. The van der Waals surface area contributed by atoms with Crippen LogP contribution in [0.1, 0.15) is 26.6 Å². The molecule has 0 saturated carbocycles. The van der Waals surface area contributed by atoms with Crippen LogP contribution in [0, 0.1) is 0 Å². The number of hydrogen-bond donors (Lipinski definition) is 0. The summed E-state index contributed by atoms with van der Waals surface area (Å²) in [5, 5.41) is 0. The van der Waals surface area contributed by atoms with Gasteiger partial charge in [0, 0.05) is 12.6 Å². The Labute approximate surface area is 96.1 Å². The van der Waals surface area contributed by atoms with E-state index in [4.69, 9.17) is 4.74 Å². The Bertz CT molecular complexity index is 494. The molecule has 0 aliphatic carbocycles. The fourth-order valence-corrected chi connectivity index (χ4v) is 2.05. The van der Waals surface area contributed by atoms with Crippen LogP contribution in [0.3, 0.4) is 0 Å². The van der Waals surface area contributed by atoms with Crippen molar-refractivity contribution >= 4 is 11.0 Å². The fourth-order valence-electron chi connectivity index (χ4n) is 2.05. The third kappa shape index (κ3) is 1.83. The first-order valence-corrected chi connectivity index (χ1v) is 5.50. The molecule has 0 unspecified atom stereocenters. The van der Waals surface area contributed by atoms with Gasteiger partial charge >= 0.3 is 0 Å². The Morgan fingerprint density at radius 2 is 1.94 bits per heavy atom. The number of fused-ring (bicyclic) bond motifs is 1. The van der Waals surface area contributed by atoms with Gasteiger partial charge in [-0.1, -0.05) is 12.1 Å². The number of para-hydroxylation sites is 2. The molecule has 0 atom stereocenters. The zero-order valence-electron chi connectivity index (χ0n) is 10.3. The molecule has 1 heterocycles. The van der Waals surface area contributed by atoms with E-state index in [1.54, 1.807) is 7.11 Å². The topological polar surface area (TPSA) is 27.1 Å². The number of benzene rings is 1. The highest BCUT2D eigenvalue weighted by atomic mass is 16.5. The molecule has 0 saturated heterocycles. The predicted molar refractivity (Wildman–Crippen MR) is 65.4 cm³/mol. The predicted octanol–water partition coefficient (Wildman–Crippen LogP) is 2.94. The van der Waals surface area contributed by atoms with Crippen molar-refractivity contribution in [2.45, 2.75) is 32.9 Å². The van der Waals surface area contributed by atoms with Crippen molar-refractivity contribution in [1.82, 2.24) is 9.55 Å². The van der Waals surface area contributed by atoms with Crippen LogP contribution >= 0.6 is 0 Å². The van der Waals surface area contributed by atoms with Gasteiger partial charge in [-0.3, -0.25) is 0 Å². The molecule has 2 aromatic rings. The molecule has 86 valence electrons. The first-order valence-electron chi connectivity index (χ1n) is 5.50. The molecule has 0 amide bonds. The molecule has 16 heavy (non-hydrogen) atoms. The van der Waals surface area contributed by atoms with Crippen molar-refractivity contribution in [2.75, 3.05) is 7.11 Å². The van der Waals surface area contributed by atoms with E-state index in [2.05, 4.69) is 36.4 Å². The second kappa shape index (κ2) is 3.91. The van der Waals surface area contributed by atoms with E-state index in [0.29, 0.717) is 6.61 Å². The minimum Gasteiger partial charge on any atom is -0.377 e. The molecule has 0 aliphatic rings. The van der Waals surface area contributed by atoms with E-state index in [1.807, 2.05) is 18.2 Å². The monoisotopic (exact) mass is 218 g/mol. The van der Waals surface area contributed by atoms with E-state index in [1.165, 1.54) is 5.52 Å². The standard InChI is InChI=1S/C13H18N2O/c1-13(2,3)15-11-8-6-5-7-10(11)14-12(15)9-16-4/h5-8H,9H2,1-4H3. The minimum absolute atomic E-state index is 0.0178. The van der Waals surface area contributed by atoms with Gasteiger partial charge in [-0.2, -0.15) is 0 Å². The largest absolute Gasteiger partial charge is 0.377 e. The zero-order chi connectivity index (χ0) is 11.8. The van der Waals surface area contributed by atoms with Crippen LogP contribution in [0.2, 0.25) is 0 Å². The summed E-state index contributed by atoms with van der Waals surface area (Å²) in [6.45, 7) is 7.09. The van der Waals surface area contributed by atoms with Crippen LogP contribution in [0.4, 0.5) is 0 Å². The molecule has 2 rings (SSSR count). The summed E-state index contributed by atoms with van der Waals surface area (Å²) in [6, 6.07) is 8.20. The van der Waals surface area contributed by atoms with Crippen molar-refractivity contribution in [3.63, 3.8) is 0 Å². The Morgan fingerprint density at radius 3 is 2.56 bits per heavy atom. The van der Waals surface area contributed by atoms with Crippen molar-refractivity contribution < 1.29 is 4.74 Å². The van der Waals surface area contributed by atoms with Crippen molar-refractivity contribution in [3.8, 4) is 0 Å². The Balaban J connectivity index is 2.69. The number of rotatable bonds is 2. The molecular formula is C13H18N2O. The first-order chi connectivity index (χ1) is 7.54. The summed E-state index contributed by atoms with van der Waals surface area (Å²) in [4.78, 5) is 4.61. The van der Waals surface area contributed by atoms with E-state index >= 15 is 0 Å². The summed E-state index contributed by atoms with van der Waals surface area (Å²) in [5.41, 5.74) is 2.22. The van der Waals surface area contributed by atoms with Gasteiger partial charge in [0.25, 0.3) is 0 Å². The lowest BCUT2D eigenvalue weighted by atomic mass is 10.1. The van der Waals surface area contributed by atoms with Gasteiger partial charge < -0.3 is 9.30 Å².